The Kier molecular flexibility index (Phi) is 5.13. The largest absolute Gasteiger partial charge is 0.326 e. The van der Waals surface area contributed by atoms with Crippen molar-refractivity contribution in [1.82, 2.24) is 0 Å². The van der Waals surface area contributed by atoms with Crippen molar-refractivity contribution in [1.29, 1.82) is 0 Å². The minimum Gasteiger partial charge on any atom is -0.326 e. The van der Waals surface area contributed by atoms with Crippen molar-refractivity contribution in [3.63, 3.8) is 0 Å². The smallest absolute Gasteiger partial charge is 0.229 e. The predicted octanol–water partition coefficient (Wildman–Crippen LogP) is 4.75. The second-order valence-corrected chi connectivity index (χ2v) is 7.23. The number of hydrogen-bond donors (Lipinski definition) is 1. The van der Waals surface area contributed by atoms with Crippen molar-refractivity contribution in [2.45, 2.75) is 6.42 Å². The van der Waals surface area contributed by atoms with Crippen LogP contribution in [0.25, 0.3) is 0 Å². The van der Waals surface area contributed by atoms with E-state index in [1.54, 1.807) is 23.1 Å². The number of anilines is 2. The van der Waals surface area contributed by atoms with E-state index in [2.05, 4.69) is 21.2 Å². The lowest BCUT2D eigenvalue weighted by Crippen LogP contribution is -2.28. The van der Waals surface area contributed by atoms with Gasteiger partial charge in [0.1, 0.15) is 0 Å². The van der Waals surface area contributed by atoms with Crippen LogP contribution in [-0.2, 0) is 9.59 Å². The van der Waals surface area contributed by atoms with Crippen LogP contribution in [0.15, 0.2) is 46.9 Å². The zero-order chi connectivity index (χ0) is 17.3. The van der Waals surface area contributed by atoms with E-state index >= 15 is 0 Å². The third-order valence-electron chi connectivity index (χ3n) is 3.82. The molecule has 0 saturated carbocycles. The summed E-state index contributed by atoms with van der Waals surface area (Å²) in [6, 6.07) is 12.3. The van der Waals surface area contributed by atoms with E-state index in [1.165, 1.54) is 0 Å². The minimum atomic E-state index is -0.407. The molecule has 0 bridgehead atoms. The number of amides is 2. The molecule has 0 radical (unpaired) electrons. The fourth-order valence-corrected chi connectivity index (χ4v) is 3.13. The fourth-order valence-electron chi connectivity index (χ4n) is 2.57. The van der Waals surface area contributed by atoms with Crippen molar-refractivity contribution in [3.8, 4) is 0 Å². The number of rotatable bonds is 3. The first kappa shape index (κ1) is 17.3. The molecule has 2 aromatic rings. The summed E-state index contributed by atoms with van der Waals surface area (Å²) in [5.41, 5.74) is 1.34. The van der Waals surface area contributed by atoms with E-state index in [4.69, 9.17) is 23.2 Å². The molecule has 0 unspecified atom stereocenters. The Labute approximate surface area is 157 Å². The van der Waals surface area contributed by atoms with E-state index in [1.807, 2.05) is 24.3 Å². The quantitative estimate of drug-likeness (QED) is 0.768. The van der Waals surface area contributed by atoms with Crippen LogP contribution in [0.3, 0.4) is 0 Å². The zero-order valence-corrected chi connectivity index (χ0v) is 15.5. The van der Waals surface area contributed by atoms with Crippen LogP contribution in [0, 0.1) is 5.92 Å². The number of nitrogens with one attached hydrogen (secondary N) is 1. The summed E-state index contributed by atoms with van der Waals surface area (Å²) in [7, 11) is 0. The average Bonchev–Trinajstić information content (AvgIpc) is 2.94. The van der Waals surface area contributed by atoms with Crippen LogP contribution in [0.4, 0.5) is 11.4 Å². The monoisotopic (exact) mass is 426 g/mol. The number of nitrogens with zero attached hydrogens (tertiary/aromatic N) is 1. The number of carbonyl (C=O) groups is 2. The summed E-state index contributed by atoms with van der Waals surface area (Å²) < 4.78 is 0.937. The maximum Gasteiger partial charge on any atom is 0.229 e. The van der Waals surface area contributed by atoms with Gasteiger partial charge in [0.15, 0.2) is 0 Å². The SMILES string of the molecule is O=C(Nc1ccc(Cl)c(Cl)c1)[C@@H]1CC(=O)N(c2ccc(Br)cc2)C1. The molecular weight excluding hydrogens is 415 g/mol. The van der Waals surface area contributed by atoms with Gasteiger partial charge in [-0.15, -0.1) is 0 Å². The Morgan fingerprint density at radius 2 is 1.83 bits per heavy atom. The predicted molar refractivity (Wildman–Crippen MR) is 99.7 cm³/mol. The highest BCUT2D eigenvalue weighted by molar-refractivity contribution is 9.10. The number of carbonyl (C=O) groups excluding carboxylic acids is 2. The first-order chi connectivity index (χ1) is 11.4. The van der Waals surface area contributed by atoms with Gasteiger partial charge in [-0.1, -0.05) is 39.1 Å². The molecular formula is C17H13BrCl2N2O2. The Hall–Kier alpha value is -1.56. The normalized spacial score (nSPS) is 17.2. The summed E-state index contributed by atoms with van der Waals surface area (Å²) >= 11 is 15.2. The molecule has 0 aliphatic carbocycles. The molecule has 0 aromatic heterocycles. The van der Waals surface area contributed by atoms with Crippen LogP contribution < -0.4 is 10.2 Å². The highest BCUT2D eigenvalue weighted by Gasteiger charge is 2.35. The molecule has 1 atom stereocenters. The molecule has 4 nitrogen and oxygen atoms in total. The molecule has 1 saturated heterocycles. The van der Waals surface area contributed by atoms with Crippen molar-refractivity contribution >= 4 is 62.3 Å². The van der Waals surface area contributed by atoms with Crippen molar-refractivity contribution < 1.29 is 9.59 Å². The zero-order valence-electron chi connectivity index (χ0n) is 12.4. The summed E-state index contributed by atoms with van der Waals surface area (Å²) in [5, 5.41) is 3.58. The highest BCUT2D eigenvalue weighted by atomic mass is 79.9. The van der Waals surface area contributed by atoms with E-state index in [0.717, 1.165) is 10.2 Å². The van der Waals surface area contributed by atoms with Gasteiger partial charge in [-0.2, -0.15) is 0 Å². The Morgan fingerprint density at radius 1 is 1.12 bits per heavy atom. The third kappa shape index (κ3) is 3.74. The summed E-state index contributed by atoms with van der Waals surface area (Å²) in [5.74, 6) is -0.677. The van der Waals surface area contributed by atoms with Crippen molar-refractivity contribution in [3.05, 3.63) is 57.0 Å². The van der Waals surface area contributed by atoms with Gasteiger partial charge in [-0.05, 0) is 42.5 Å². The first-order valence-electron chi connectivity index (χ1n) is 7.26. The second-order valence-electron chi connectivity index (χ2n) is 5.50. The van der Waals surface area contributed by atoms with Gasteiger partial charge in [0, 0.05) is 28.8 Å². The minimum absolute atomic E-state index is 0.0633. The Bertz CT molecular complexity index is 796. The molecule has 0 spiro atoms. The molecule has 1 heterocycles. The average molecular weight is 428 g/mol. The highest BCUT2D eigenvalue weighted by Crippen LogP contribution is 2.28. The van der Waals surface area contributed by atoms with Gasteiger partial charge in [0.25, 0.3) is 0 Å². The first-order valence-corrected chi connectivity index (χ1v) is 8.81. The molecule has 1 aliphatic rings. The molecule has 7 heteroatoms. The Morgan fingerprint density at radius 3 is 2.50 bits per heavy atom. The second kappa shape index (κ2) is 7.13. The van der Waals surface area contributed by atoms with E-state index < -0.39 is 5.92 Å². The molecule has 3 rings (SSSR count). The van der Waals surface area contributed by atoms with Crippen LogP contribution in [0.5, 0.6) is 0 Å². The molecule has 1 fully saturated rings. The summed E-state index contributed by atoms with van der Waals surface area (Å²) in [6.07, 6.45) is 0.184. The van der Waals surface area contributed by atoms with E-state index in [9.17, 15) is 9.59 Å². The number of hydrogen-bond acceptors (Lipinski definition) is 2. The maximum atomic E-state index is 12.4. The number of halogens is 3. The lowest BCUT2D eigenvalue weighted by atomic mass is 10.1. The van der Waals surface area contributed by atoms with Crippen LogP contribution in [0.1, 0.15) is 6.42 Å². The number of benzene rings is 2. The van der Waals surface area contributed by atoms with E-state index in [-0.39, 0.29) is 18.2 Å². The van der Waals surface area contributed by atoms with Gasteiger partial charge in [-0.3, -0.25) is 9.59 Å². The van der Waals surface area contributed by atoms with Gasteiger partial charge in [0.2, 0.25) is 11.8 Å². The lowest BCUT2D eigenvalue weighted by molar-refractivity contribution is -0.122. The van der Waals surface area contributed by atoms with Crippen molar-refractivity contribution in [2.75, 3.05) is 16.8 Å². The summed E-state index contributed by atoms with van der Waals surface area (Å²) in [6.45, 7) is 0.355. The standard InChI is InChI=1S/C17H13BrCl2N2O2/c18-11-1-4-13(5-2-11)22-9-10(7-16(22)23)17(24)21-12-3-6-14(19)15(20)8-12/h1-6,8,10H,7,9H2,(H,21,24)/t10-/m1/s1. The van der Waals surface area contributed by atoms with Crippen LogP contribution in [0.2, 0.25) is 10.0 Å². The van der Waals surface area contributed by atoms with Crippen LogP contribution >= 0.6 is 39.1 Å². The lowest BCUT2D eigenvalue weighted by Gasteiger charge is -2.17. The molecule has 2 aromatic carbocycles. The maximum absolute atomic E-state index is 12.4. The molecule has 124 valence electrons. The fraction of sp³-hybridized carbons (Fsp3) is 0.176. The van der Waals surface area contributed by atoms with Crippen LogP contribution in [-0.4, -0.2) is 18.4 Å². The van der Waals surface area contributed by atoms with Crippen molar-refractivity contribution in [2.24, 2.45) is 5.92 Å². The topological polar surface area (TPSA) is 49.4 Å². The Balaban J connectivity index is 1.69. The molecule has 24 heavy (non-hydrogen) atoms. The molecule has 2 amide bonds. The van der Waals surface area contributed by atoms with Gasteiger partial charge in [-0.25, -0.2) is 0 Å². The van der Waals surface area contributed by atoms with Gasteiger partial charge < -0.3 is 10.2 Å². The molecule has 1 aliphatic heterocycles. The summed E-state index contributed by atoms with van der Waals surface area (Å²) in [4.78, 5) is 26.3. The van der Waals surface area contributed by atoms with Gasteiger partial charge >= 0.3 is 0 Å². The molecule has 1 N–H and O–H groups in total. The van der Waals surface area contributed by atoms with E-state index in [0.29, 0.717) is 22.3 Å². The van der Waals surface area contributed by atoms with Gasteiger partial charge in [0.05, 0.1) is 16.0 Å². The third-order valence-corrected chi connectivity index (χ3v) is 5.09.